The first kappa shape index (κ1) is 27.1. The summed E-state index contributed by atoms with van der Waals surface area (Å²) in [6, 6.07) is 31.2. The van der Waals surface area contributed by atoms with E-state index >= 15 is 0 Å². The predicted molar refractivity (Wildman–Crippen MR) is 171 cm³/mol. The van der Waals surface area contributed by atoms with Gasteiger partial charge in [0.2, 0.25) is 17.2 Å². The Hall–Kier alpha value is -5.74. The lowest BCUT2D eigenvalue weighted by Gasteiger charge is -2.14. The van der Waals surface area contributed by atoms with Crippen LogP contribution in [0.5, 0.6) is 11.5 Å². The number of fused-ring (bicyclic) bond motifs is 2. The van der Waals surface area contributed by atoms with Crippen LogP contribution in [0.15, 0.2) is 108 Å². The monoisotopic (exact) mass is 599 g/mol. The third-order valence-corrected chi connectivity index (χ3v) is 8.43. The first-order valence-corrected chi connectivity index (χ1v) is 14.5. The quantitative estimate of drug-likeness (QED) is 0.189. The van der Waals surface area contributed by atoms with E-state index < -0.39 is 5.91 Å². The van der Waals surface area contributed by atoms with Crippen molar-refractivity contribution in [2.75, 3.05) is 20.0 Å². The minimum absolute atomic E-state index is 0.0529. The number of ether oxygens (including phenoxy) is 2. The van der Waals surface area contributed by atoms with Gasteiger partial charge in [0, 0.05) is 34.7 Å². The molecule has 0 bridgehead atoms. The standard InChI is InChI=1S/C34H25N5O4S/c1-41-22-15-16-25(28(17-22)42-2)26-18-27(24-14-8-10-20-9-6-7-13-23(20)24)36-34-30(26)31(35)32(44-34)33(40)37-29-19-39(38-43-29)21-11-4-3-5-12-21/h3-19H,1-2H3,(H2-,35,37,38,40). The van der Waals surface area contributed by atoms with Gasteiger partial charge in [0.15, 0.2) is 0 Å². The second-order valence-corrected chi connectivity index (χ2v) is 10.9. The smallest absolute Gasteiger partial charge is 0.241 e. The van der Waals surface area contributed by atoms with Crippen LogP contribution < -0.4 is 19.9 Å². The van der Waals surface area contributed by atoms with E-state index in [0.29, 0.717) is 21.7 Å². The number of hydrogen-bond donors (Lipinski definition) is 1. The molecule has 0 aliphatic carbocycles. The van der Waals surface area contributed by atoms with E-state index in [1.165, 1.54) is 16.0 Å². The SMILES string of the molecule is COc1ccc(-c2cc(-c3cccc4ccccc34)nc3sc(C(=O)[N-]c4c[n+](-c5ccccc5)no4)c(N)c23)c(OC)c1. The van der Waals surface area contributed by atoms with Crippen molar-refractivity contribution < 1.29 is 23.5 Å². The number of nitrogens with zero attached hydrogens (tertiary/aromatic N) is 4. The Balaban J connectivity index is 1.38. The normalized spacial score (nSPS) is 11.1. The third kappa shape index (κ3) is 4.77. The molecule has 1 amide bonds. The molecule has 0 aliphatic rings. The summed E-state index contributed by atoms with van der Waals surface area (Å²) in [6.45, 7) is 0. The van der Waals surface area contributed by atoms with Crippen LogP contribution in [0.1, 0.15) is 9.67 Å². The van der Waals surface area contributed by atoms with Crippen molar-refractivity contribution in [3.63, 3.8) is 0 Å². The highest BCUT2D eigenvalue weighted by atomic mass is 32.1. The molecule has 0 atom stereocenters. The van der Waals surface area contributed by atoms with E-state index in [1.54, 1.807) is 20.4 Å². The summed E-state index contributed by atoms with van der Waals surface area (Å²) in [5.41, 5.74) is 11.0. The molecule has 0 unspecified atom stereocenters. The van der Waals surface area contributed by atoms with Crippen LogP contribution in [0.3, 0.4) is 0 Å². The van der Waals surface area contributed by atoms with Gasteiger partial charge in [-0.05, 0) is 39.2 Å². The summed E-state index contributed by atoms with van der Waals surface area (Å²) in [5, 5.41) is 11.0. The molecule has 0 saturated heterocycles. The van der Waals surface area contributed by atoms with Crippen molar-refractivity contribution in [2.24, 2.45) is 0 Å². The Morgan fingerprint density at radius 2 is 1.68 bits per heavy atom. The zero-order chi connectivity index (χ0) is 30.2. The van der Waals surface area contributed by atoms with Crippen molar-refractivity contribution in [3.8, 4) is 39.6 Å². The molecule has 9 nitrogen and oxygen atoms in total. The average Bonchev–Trinajstić information content (AvgIpc) is 3.68. The number of pyridine rings is 1. The lowest BCUT2D eigenvalue weighted by Crippen LogP contribution is -2.30. The number of amides is 1. The molecular formula is C34H25N5O4S. The van der Waals surface area contributed by atoms with E-state index in [-0.39, 0.29) is 16.4 Å². The van der Waals surface area contributed by atoms with Gasteiger partial charge >= 0.3 is 0 Å². The molecule has 216 valence electrons. The Morgan fingerprint density at radius 1 is 0.886 bits per heavy atom. The summed E-state index contributed by atoms with van der Waals surface area (Å²) in [6.07, 6.45) is 1.54. The lowest BCUT2D eigenvalue weighted by atomic mass is 9.96. The lowest BCUT2D eigenvalue weighted by molar-refractivity contribution is -0.670. The van der Waals surface area contributed by atoms with Crippen LogP contribution in [0.2, 0.25) is 0 Å². The van der Waals surface area contributed by atoms with Crippen LogP contribution in [0, 0.1) is 0 Å². The van der Waals surface area contributed by atoms with Crippen LogP contribution in [-0.4, -0.2) is 30.4 Å². The molecule has 0 saturated carbocycles. The highest BCUT2D eigenvalue weighted by Crippen LogP contribution is 2.46. The van der Waals surface area contributed by atoms with Crippen LogP contribution in [0.4, 0.5) is 11.6 Å². The van der Waals surface area contributed by atoms with Crippen LogP contribution >= 0.6 is 11.3 Å². The third-order valence-electron chi connectivity index (χ3n) is 7.35. The van der Waals surface area contributed by atoms with Crippen molar-refractivity contribution in [1.29, 1.82) is 0 Å². The summed E-state index contributed by atoms with van der Waals surface area (Å²) >= 11 is 1.18. The Morgan fingerprint density at radius 3 is 2.50 bits per heavy atom. The zero-order valence-electron chi connectivity index (χ0n) is 23.7. The molecule has 0 aliphatic heterocycles. The number of nitrogens with two attached hydrogens (primary N) is 1. The molecule has 3 aromatic heterocycles. The van der Waals surface area contributed by atoms with Gasteiger partial charge in [0.1, 0.15) is 28.1 Å². The second kappa shape index (κ2) is 11.2. The molecular weight excluding hydrogens is 574 g/mol. The molecule has 44 heavy (non-hydrogen) atoms. The van der Waals surface area contributed by atoms with Crippen LogP contribution in [0.25, 0.3) is 54.4 Å². The average molecular weight is 600 g/mol. The summed E-state index contributed by atoms with van der Waals surface area (Å²) < 4.78 is 18.0. The maximum Gasteiger partial charge on any atom is 0.241 e. The van der Waals surface area contributed by atoms with Gasteiger partial charge in [-0.2, -0.15) is 0 Å². The minimum atomic E-state index is -0.554. The summed E-state index contributed by atoms with van der Waals surface area (Å²) in [5.74, 6) is 0.743. The molecule has 0 spiro atoms. The molecule has 10 heteroatoms. The highest BCUT2D eigenvalue weighted by molar-refractivity contribution is 7.21. The molecule has 0 radical (unpaired) electrons. The molecule has 4 aromatic carbocycles. The number of benzene rings is 4. The van der Waals surface area contributed by atoms with Gasteiger partial charge in [-0.1, -0.05) is 60.7 Å². The first-order valence-electron chi connectivity index (χ1n) is 13.7. The van der Waals surface area contributed by atoms with Crippen molar-refractivity contribution >= 4 is 49.8 Å². The van der Waals surface area contributed by atoms with Gasteiger partial charge < -0.3 is 29.8 Å². The molecule has 7 aromatic rings. The molecule has 0 fully saturated rings. The number of methoxy groups -OCH3 is 2. The van der Waals surface area contributed by atoms with Crippen molar-refractivity contribution in [2.45, 2.75) is 0 Å². The topological polar surface area (TPSA) is 118 Å². The first-order chi connectivity index (χ1) is 21.5. The number of thiophene rings is 1. The minimum Gasteiger partial charge on any atom is -0.583 e. The largest absolute Gasteiger partial charge is 0.583 e. The van der Waals surface area contributed by atoms with E-state index in [2.05, 4.69) is 28.8 Å². The Bertz CT molecular complexity index is 2170. The number of nitrogen functional groups attached to an aromatic ring is 1. The summed E-state index contributed by atoms with van der Waals surface area (Å²) in [4.78, 5) is 19.4. The number of para-hydroxylation sites is 1. The number of carbonyl (C=O) groups excluding carboxylic acids is 1. The van der Waals surface area contributed by atoms with Crippen molar-refractivity contribution in [3.05, 3.63) is 113 Å². The number of carbonyl (C=O) groups is 1. The fraction of sp³-hybridized carbons (Fsp3) is 0.0588. The molecule has 3 heterocycles. The predicted octanol–water partition coefficient (Wildman–Crippen LogP) is 7.49. The maximum atomic E-state index is 13.5. The highest BCUT2D eigenvalue weighted by Gasteiger charge is 2.22. The maximum absolute atomic E-state index is 13.5. The number of rotatable bonds is 7. The number of aromatic nitrogens is 3. The summed E-state index contributed by atoms with van der Waals surface area (Å²) in [7, 11) is 3.21. The number of hydrogen-bond acceptors (Lipinski definition) is 8. The van der Waals surface area contributed by atoms with E-state index in [4.69, 9.17) is 24.7 Å². The second-order valence-electron chi connectivity index (χ2n) is 9.91. The molecule has 2 N–H and O–H groups in total. The van der Waals surface area contributed by atoms with Gasteiger partial charge in [0.05, 0.1) is 30.5 Å². The number of anilines is 1. The molecule has 7 rings (SSSR count). The van der Waals surface area contributed by atoms with Gasteiger partial charge in [-0.3, -0.25) is 0 Å². The van der Waals surface area contributed by atoms with Gasteiger partial charge in [0.25, 0.3) is 0 Å². The van der Waals surface area contributed by atoms with E-state index in [0.717, 1.165) is 38.8 Å². The zero-order valence-corrected chi connectivity index (χ0v) is 24.5. The Labute approximate surface area is 256 Å². The van der Waals surface area contributed by atoms with E-state index in [1.807, 2.05) is 78.9 Å². The van der Waals surface area contributed by atoms with Gasteiger partial charge in [-0.25, -0.2) is 4.98 Å². The van der Waals surface area contributed by atoms with E-state index in [9.17, 15) is 4.79 Å². The fourth-order valence-electron chi connectivity index (χ4n) is 5.24. The van der Waals surface area contributed by atoms with Gasteiger partial charge in [-0.15, -0.1) is 11.3 Å². The fourth-order valence-corrected chi connectivity index (χ4v) is 6.24. The van der Waals surface area contributed by atoms with Crippen LogP contribution in [-0.2, 0) is 0 Å². The van der Waals surface area contributed by atoms with Crippen molar-refractivity contribution in [1.82, 2.24) is 10.3 Å². The Kier molecular flexibility index (Phi) is 6.88.